The number of aromatic amines is 2. The molecule has 3 aliphatic heterocycles. The fourth-order valence-electron chi connectivity index (χ4n) is 8.50. The maximum Gasteiger partial charge on any atom is 0.169 e. The van der Waals surface area contributed by atoms with Crippen molar-refractivity contribution in [1.82, 2.24) is 19.9 Å². The van der Waals surface area contributed by atoms with E-state index in [-0.39, 0.29) is 0 Å². The molecule has 1 aromatic carbocycles. The molecule has 3 aliphatic rings. The molecule has 8 bridgehead atoms. The largest absolute Gasteiger partial charge is 0.487 e. The Morgan fingerprint density at radius 3 is 1.12 bits per heavy atom. The van der Waals surface area contributed by atoms with E-state index in [2.05, 4.69) is 132 Å². The quantitative estimate of drug-likeness (QED) is 0.173. The van der Waals surface area contributed by atoms with Crippen LogP contribution in [0.4, 0.5) is 0 Å². The lowest BCUT2D eigenvalue weighted by molar-refractivity contribution is -0.671. The Morgan fingerprint density at radius 1 is 0.358 bits per heavy atom. The molecule has 9 heterocycles. The normalized spacial score (nSPS) is 15.0. The van der Waals surface area contributed by atoms with Crippen LogP contribution in [0.3, 0.4) is 0 Å². The first-order valence-electron chi connectivity index (χ1n) is 22.7. The van der Waals surface area contributed by atoms with Crippen LogP contribution in [0.2, 0.25) is 0 Å². The number of ether oxygens (including phenoxy) is 6. The standard InChI is InChI=1S/C54H53N7O6/c1-59-20-14-37(15-21-59)51-41-5-7-43(55-41)52(38-16-22-60(2)23-17-38)45-9-11-47(57-45)54(48-12-10-46(58-48)53(44-8-6-42(51)56-44)39-18-24-61(3)25-19-39)40-4-13-49-50(36-40)67-35-33-65-31-29-63-27-26-62-28-30-64-32-34-66-49/h4-25,36H,26-35H2,1-3H3,(H,55,56,57,58)/q+2/p+1. The van der Waals surface area contributed by atoms with Crippen LogP contribution in [-0.2, 0) is 40.1 Å². The summed E-state index contributed by atoms with van der Waals surface area (Å²) in [6.07, 6.45) is 20.8. The minimum absolute atomic E-state index is 0.310. The summed E-state index contributed by atoms with van der Waals surface area (Å²) in [5.74, 6) is 1.17. The van der Waals surface area contributed by atoms with Crippen LogP contribution in [0.1, 0.15) is 22.8 Å². The highest BCUT2D eigenvalue weighted by molar-refractivity contribution is 6.00. The number of nitrogens with one attached hydrogen (secondary N) is 2. The Balaban J connectivity index is 1.22. The van der Waals surface area contributed by atoms with Gasteiger partial charge in [-0.25, -0.2) is 23.7 Å². The zero-order valence-corrected chi connectivity index (χ0v) is 38.0. The summed E-state index contributed by atoms with van der Waals surface area (Å²) in [7, 11) is 6.08. The number of hydrogen-bond donors (Lipinski definition) is 2. The molecule has 0 aliphatic carbocycles. The maximum absolute atomic E-state index is 6.45. The Bertz CT molecular complexity index is 2980. The number of H-pyrrole nitrogens is 2. The number of benzene rings is 1. The van der Waals surface area contributed by atoms with Gasteiger partial charge >= 0.3 is 0 Å². The van der Waals surface area contributed by atoms with E-state index in [1.165, 1.54) is 0 Å². The topological polar surface area (TPSA) is 124 Å². The van der Waals surface area contributed by atoms with Gasteiger partial charge in [0.25, 0.3) is 0 Å². The fourth-order valence-corrected chi connectivity index (χ4v) is 8.50. The van der Waals surface area contributed by atoms with Crippen molar-refractivity contribution in [1.29, 1.82) is 0 Å². The van der Waals surface area contributed by atoms with Gasteiger partial charge in [-0.05, 0) is 83.0 Å². The average Bonchev–Trinajstić information content (AvgIpc) is 4.19. The second-order valence-electron chi connectivity index (χ2n) is 16.6. The number of pyridine rings is 3. The third-order valence-electron chi connectivity index (χ3n) is 11.9. The van der Waals surface area contributed by atoms with E-state index in [1.807, 2.05) is 53.0 Å². The van der Waals surface area contributed by atoms with Gasteiger partial charge in [0.15, 0.2) is 48.7 Å². The molecule has 0 fully saturated rings. The van der Waals surface area contributed by atoms with Crippen molar-refractivity contribution in [2.75, 3.05) is 66.1 Å². The van der Waals surface area contributed by atoms with Crippen molar-refractivity contribution in [2.24, 2.45) is 21.1 Å². The van der Waals surface area contributed by atoms with Gasteiger partial charge in [-0.3, -0.25) is 0 Å². The van der Waals surface area contributed by atoms with Gasteiger partial charge in [0, 0.05) is 80.7 Å². The third kappa shape index (κ3) is 9.81. The lowest BCUT2D eigenvalue weighted by atomic mass is 10.0. The second-order valence-corrected chi connectivity index (χ2v) is 16.6. The average molecular weight is 897 g/mol. The number of nitrogens with zero attached hydrogens (tertiary/aromatic N) is 5. The summed E-state index contributed by atoms with van der Waals surface area (Å²) in [6.45, 7) is 4.29. The van der Waals surface area contributed by atoms with Crippen molar-refractivity contribution < 1.29 is 42.1 Å². The summed E-state index contributed by atoms with van der Waals surface area (Å²) in [5.41, 5.74) is 14.8. The van der Waals surface area contributed by atoms with Gasteiger partial charge in [-0.1, -0.05) is 6.07 Å². The molecular weight excluding hydrogens is 843 g/mol. The number of aryl methyl sites for hydroxylation is 3. The predicted molar refractivity (Wildman–Crippen MR) is 258 cm³/mol. The molecule has 6 aromatic heterocycles. The number of hydrogen-bond acceptors (Lipinski definition) is 8. The number of rotatable bonds is 4. The van der Waals surface area contributed by atoms with E-state index < -0.39 is 0 Å². The van der Waals surface area contributed by atoms with E-state index >= 15 is 0 Å². The molecule has 10 rings (SSSR count). The molecule has 13 heteroatoms. The van der Waals surface area contributed by atoms with Crippen molar-refractivity contribution in [2.45, 2.75) is 0 Å². The minimum Gasteiger partial charge on any atom is -0.487 e. The van der Waals surface area contributed by atoms with E-state index in [9.17, 15) is 0 Å². The third-order valence-corrected chi connectivity index (χ3v) is 11.9. The van der Waals surface area contributed by atoms with Crippen LogP contribution in [0.15, 0.2) is 116 Å². The van der Waals surface area contributed by atoms with E-state index in [4.69, 9.17) is 38.4 Å². The zero-order chi connectivity index (χ0) is 45.5. The maximum atomic E-state index is 6.45. The van der Waals surface area contributed by atoms with Gasteiger partial charge in [-0.15, -0.1) is 0 Å². The first-order chi connectivity index (χ1) is 32.9. The molecule has 0 spiro atoms. The monoisotopic (exact) mass is 896 g/mol. The molecule has 0 atom stereocenters. The highest BCUT2D eigenvalue weighted by atomic mass is 16.6. The van der Waals surface area contributed by atoms with Gasteiger partial charge in [0.05, 0.1) is 75.6 Å². The molecule has 7 aromatic rings. The molecule has 2 N–H and O–H groups in total. The summed E-state index contributed by atoms with van der Waals surface area (Å²) < 4.78 is 41.8. The molecule has 0 amide bonds. The molecule has 338 valence electrons. The molecule has 0 unspecified atom stereocenters. The molecule has 13 nitrogen and oxygen atoms in total. The first kappa shape index (κ1) is 43.6. The highest BCUT2D eigenvalue weighted by Crippen LogP contribution is 2.40. The second kappa shape index (κ2) is 20.1. The molecule has 0 saturated heterocycles. The highest BCUT2D eigenvalue weighted by Gasteiger charge is 2.22. The van der Waals surface area contributed by atoms with Gasteiger partial charge in [0.2, 0.25) is 0 Å². The van der Waals surface area contributed by atoms with Crippen LogP contribution < -0.4 is 23.2 Å². The van der Waals surface area contributed by atoms with Crippen LogP contribution in [0.25, 0.3) is 90.9 Å². The summed E-state index contributed by atoms with van der Waals surface area (Å²) in [4.78, 5) is 18.7. The van der Waals surface area contributed by atoms with E-state index in [0.29, 0.717) is 77.6 Å². The van der Waals surface area contributed by atoms with Crippen LogP contribution in [0.5, 0.6) is 11.5 Å². The van der Waals surface area contributed by atoms with Gasteiger partial charge in [0.1, 0.15) is 34.4 Å². The molecular formula is C54H54N7O6+3. The number of fused-ring (bicyclic) bond motifs is 9. The smallest absolute Gasteiger partial charge is 0.169 e. The number of aromatic nitrogens is 7. The van der Waals surface area contributed by atoms with E-state index in [1.54, 1.807) is 0 Å². The Hall–Kier alpha value is -7.29. The van der Waals surface area contributed by atoms with Crippen molar-refractivity contribution in [3.8, 4) is 56.0 Å². The fraction of sp³-hybridized carbons (Fsp3) is 0.241. The van der Waals surface area contributed by atoms with Gasteiger partial charge < -0.3 is 38.4 Å². The first-order valence-corrected chi connectivity index (χ1v) is 22.7. The molecule has 0 radical (unpaired) electrons. The Labute approximate surface area is 389 Å². The van der Waals surface area contributed by atoms with Crippen molar-refractivity contribution >= 4 is 46.4 Å². The lowest BCUT2D eigenvalue weighted by Gasteiger charge is -2.16. The lowest BCUT2D eigenvalue weighted by Crippen LogP contribution is -2.25. The minimum atomic E-state index is 0.310. The van der Waals surface area contributed by atoms with Crippen molar-refractivity contribution in [3.05, 3.63) is 139 Å². The van der Waals surface area contributed by atoms with Crippen LogP contribution in [0, 0.1) is 0 Å². The summed E-state index contributed by atoms with van der Waals surface area (Å²) >= 11 is 0. The summed E-state index contributed by atoms with van der Waals surface area (Å²) in [5, 5.41) is 0. The molecule has 0 saturated carbocycles. The summed E-state index contributed by atoms with van der Waals surface area (Å²) in [6, 6.07) is 27.5. The zero-order valence-electron chi connectivity index (χ0n) is 38.0. The predicted octanol–water partition coefficient (Wildman–Crippen LogP) is 7.63. The molecule has 67 heavy (non-hydrogen) atoms. The van der Waals surface area contributed by atoms with Crippen LogP contribution in [-0.4, -0.2) is 86.0 Å². The van der Waals surface area contributed by atoms with Gasteiger partial charge in [-0.2, -0.15) is 0 Å². The van der Waals surface area contributed by atoms with Crippen LogP contribution >= 0.6 is 0 Å². The van der Waals surface area contributed by atoms with Crippen molar-refractivity contribution in [3.63, 3.8) is 0 Å². The van der Waals surface area contributed by atoms with E-state index in [0.717, 1.165) is 89.4 Å². The SMILES string of the molecule is C[n+]1ccc(-c2c3nc(c(-c4ccc5c(c4)OCCOCCOCCOCCOCCO5)c4nc(c(-c5cc[n+](C)cc5)c5ccc([nH]5)c(-c5cc[n+](C)cc5)c5ccc2[nH]5)C=C4)C=C3)cc1. The Kier molecular flexibility index (Phi) is 13.1. The Morgan fingerprint density at radius 2 is 0.701 bits per heavy atom.